The van der Waals surface area contributed by atoms with Crippen LogP contribution in [0, 0.1) is 0 Å². The first kappa shape index (κ1) is 18.8. The molecule has 134 valence electrons. The highest BCUT2D eigenvalue weighted by Crippen LogP contribution is 2.28. The second kappa shape index (κ2) is 9.67. The minimum absolute atomic E-state index is 0.254. The van der Waals surface area contributed by atoms with E-state index in [4.69, 9.17) is 14.2 Å². The van der Waals surface area contributed by atoms with Crippen molar-refractivity contribution in [2.75, 3.05) is 40.5 Å². The molecule has 0 radical (unpaired) electrons. The molecule has 1 aliphatic rings. The third-order valence-corrected chi connectivity index (χ3v) is 4.31. The third-order valence-electron chi connectivity index (χ3n) is 4.31. The van der Waals surface area contributed by atoms with E-state index in [-0.39, 0.29) is 6.61 Å². The van der Waals surface area contributed by atoms with Gasteiger partial charge in [-0.15, -0.1) is 0 Å². The zero-order valence-electron chi connectivity index (χ0n) is 14.9. The van der Waals surface area contributed by atoms with Crippen LogP contribution in [-0.4, -0.2) is 62.7 Å². The molecule has 2 rings (SSSR count). The number of benzene rings is 1. The Morgan fingerprint density at radius 1 is 1.25 bits per heavy atom. The fraction of sp³-hybridized carbons (Fsp3) is 0.579. The van der Waals surface area contributed by atoms with Gasteiger partial charge in [0.15, 0.2) is 11.5 Å². The van der Waals surface area contributed by atoms with Crippen LogP contribution in [0.3, 0.4) is 0 Å². The first-order chi connectivity index (χ1) is 11.7. The average Bonchev–Trinajstić information content (AvgIpc) is 2.61. The van der Waals surface area contributed by atoms with Gasteiger partial charge in [0.1, 0.15) is 12.7 Å². The predicted octanol–water partition coefficient (Wildman–Crippen LogP) is 2.58. The largest absolute Gasteiger partial charge is 0.493 e. The second-order valence-electron chi connectivity index (χ2n) is 6.11. The molecule has 0 bridgehead atoms. The summed E-state index contributed by atoms with van der Waals surface area (Å²) in [6, 6.07) is 5.78. The van der Waals surface area contributed by atoms with Crippen molar-refractivity contribution in [2.45, 2.75) is 32.0 Å². The summed E-state index contributed by atoms with van der Waals surface area (Å²) in [5.74, 6) is 1.33. The molecule has 1 atom stereocenters. The summed E-state index contributed by atoms with van der Waals surface area (Å²) < 4.78 is 16.5. The van der Waals surface area contributed by atoms with Crippen LogP contribution in [0.4, 0.5) is 0 Å². The third kappa shape index (κ3) is 5.51. The number of ether oxygens (including phenoxy) is 3. The van der Waals surface area contributed by atoms with Crippen molar-refractivity contribution in [3.05, 3.63) is 29.8 Å². The summed E-state index contributed by atoms with van der Waals surface area (Å²) in [5.41, 5.74) is 1.06. The number of allylic oxidation sites excluding steroid dienone is 1. The first-order valence-corrected chi connectivity index (χ1v) is 8.53. The van der Waals surface area contributed by atoms with Crippen LogP contribution >= 0.6 is 0 Å². The molecular weight excluding hydrogens is 306 g/mol. The molecule has 1 aromatic carbocycles. The van der Waals surface area contributed by atoms with Crippen molar-refractivity contribution >= 4 is 6.08 Å². The number of aliphatic hydroxyl groups excluding tert-OH is 1. The molecule has 0 saturated carbocycles. The number of piperidine rings is 1. The number of hydrogen-bond donors (Lipinski definition) is 1. The predicted molar refractivity (Wildman–Crippen MR) is 95.7 cm³/mol. The van der Waals surface area contributed by atoms with Gasteiger partial charge in [-0.05, 0) is 37.5 Å². The van der Waals surface area contributed by atoms with E-state index in [0.717, 1.165) is 31.5 Å². The highest BCUT2D eigenvalue weighted by atomic mass is 16.5. The Labute approximate surface area is 144 Å². The maximum atomic E-state index is 10.2. The Hall–Kier alpha value is -1.56. The van der Waals surface area contributed by atoms with Gasteiger partial charge in [-0.25, -0.2) is 0 Å². The fourth-order valence-corrected chi connectivity index (χ4v) is 2.96. The van der Waals surface area contributed by atoms with Crippen LogP contribution in [0.2, 0.25) is 0 Å². The summed E-state index contributed by atoms with van der Waals surface area (Å²) in [6.45, 7) is 4.76. The van der Waals surface area contributed by atoms with Gasteiger partial charge in [-0.1, -0.05) is 18.2 Å². The number of aliphatic hydroxyl groups is 1. The molecule has 1 aliphatic heterocycles. The lowest BCUT2D eigenvalue weighted by Gasteiger charge is -2.32. The van der Waals surface area contributed by atoms with Crippen molar-refractivity contribution in [3.63, 3.8) is 0 Å². The zero-order valence-corrected chi connectivity index (χ0v) is 14.9. The summed E-state index contributed by atoms with van der Waals surface area (Å²) in [6.07, 6.45) is 5.85. The highest BCUT2D eigenvalue weighted by molar-refractivity contribution is 5.55. The number of rotatable bonds is 8. The molecule has 0 aromatic heterocycles. The number of hydrogen-bond acceptors (Lipinski definition) is 5. The second-order valence-corrected chi connectivity index (χ2v) is 6.11. The van der Waals surface area contributed by atoms with Crippen molar-refractivity contribution in [1.29, 1.82) is 0 Å². The number of nitrogens with zero attached hydrogens (tertiary/aromatic N) is 1. The van der Waals surface area contributed by atoms with Gasteiger partial charge in [-0.3, -0.25) is 0 Å². The van der Waals surface area contributed by atoms with Gasteiger partial charge in [0.25, 0.3) is 0 Å². The molecule has 5 heteroatoms. The number of β-amino-alcohol motifs (C(OH)–C–C–N with tert-alkyl or cyclic N) is 1. The van der Waals surface area contributed by atoms with E-state index in [1.807, 2.05) is 37.3 Å². The Bertz CT molecular complexity index is 524. The molecule has 1 fully saturated rings. The molecule has 1 unspecified atom stereocenters. The topological polar surface area (TPSA) is 51.2 Å². The fourth-order valence-electron chi connectivity index (χ4n) is 2.96. The molecule has 0 spiro atoms. The van der Waals surface area contributed by atoms with E-state index in [9.17, 15) is 5.11 Å². The molecule has 1 N–H and O–H groups in total. The van der Waals surface area contributed by atoms with Gasteiger partial charge in [0.2, 0.25) is 0 Å². The van der Waals surface area contributed by atoms with E-state index in [0.29, 0.717) is 24.1 Å². The van der Waals surface area contributed by atoms with Crippen molar-refractivity contribution < 1.29 is 19.3 Å². The van der Waals surface area contributed by atoms with E-state index in [1.165, 1.54) is 0 Å². The summed E-state index contributed by atoms with van der Waals surface area (Å²) >= 11 is 0. The zero-order chi connectivity index (χ0) is 17.4. The van der Waals surface area contributed by atoms with Gasteiger partial charge in [0.05, 0.1) is 13.2 Å². The van der Waals surface area contributed by atoms with Crippen molar-refractivity contribution in [2.24, 2.45) is 0 Å². The minimum atomic E-state index is -0.524. The Morgan fingerprint density at radius 3 is 2.62 bits per heavy atom. The monoisotopic (exact) mass is 335 g/mol. The Balaban J connectivity index is 1.82. The van der Waals surface area contributed by atoms with Crippen LogP contribution in [0.15, 0.2) is 24.3 Å². The standard InChI is InChI=1S/C19H29NO4/c1-4-5-15-6-7-18(19(12-15)23-3)24-14-16(21)13-20-10-8-17(22-2)9-11-20/h4-7,12,16-17,21H,8-11,13-14H2,1-3H3/b5-4+. The lowest BCUT2D eigenvalue weighted by molar-refractivity contribution is 0.0151. The van der Waals surface area contributed by atoms with E-state index in [1.54, 1.807) is 14.2 Å². The summed E-state index contributed by atoms with van der Waals surface area (Å²) in [4.78, 5) is 2.26. The van der Waals surface area contributed by atoms with Crippen molar-refractivity contribution in [1.82, 2.24) is 4.90 Å². The first-order valence-electron chi connectivity index (χ1n) is 8.53. The lowest BCUT2D eigenvalue weighted by Crippen LogP contribution is -2.42. The van der Waals surface area contributed by atoms with Crippen molar-refractivity contribution in [3.8, 4) is 11.5 Å². The quantitative estimate of drug-likeness (QED) is 0.791. The van der Waals surface area contributed by atoms with Crippen LogP contribution in [0.25, 0.3) is 6.08 Å². The van der Waals surface area contributed by atoms with E-state index in [2.05, 4.69) is 4.90 Å². The van der Waals surface area contributed by atoms with E-state index < -0.39 is 6.10 Å². The summed E-state index contributed by atoms with van der Waals surface area (Å²) in [5, 5.41) is 10.2. The SMILES string of the molecule is C/C=C/c1ccc(OCC(O)CN2CCC(OC)CC2)c(OC)c1. The normalized spacial score (nSPS) is 18.0. The maximum absolute atomic E-state index is 10.2. The van der Waals surface area contributed by atoms with Crippen LogP contribution in [-0.2, 0) is 4.74 Å². The molecule has 1 aromatic rings. The van der Waals surface area contributed by atoms with E-state index >= 15 is 0 Å². The van der Waals surface area contributed by atoms with Gasteiger partial charge >= 0.3 is 0 Å². The number of likely N-dealkylation sites (tertiary alicyclic amines) is 1. The molecule has 24 heavy (non-hydrogen) atoms. The maximum Gasteiger partial charge on any atom is 0.161 e. The highest BCUT2D eigenvalue weighted by Gasteiger charge is 2.21. The van der Waals surface area contributed by atoms with Gasteiger partial charge in [0, 0.05) is 26.7 Å². The molecule has 0 aliphatic carbocycles. The molecule has 5 nitrogen and oxygen atoms in total. The minimum Gasteiger partial charge on any atom is -0.493 e. The lowest BCUT2D eigenvalue weighted by atomic mass is 10.1. The smallest absolute Gasteiger partial charge is 0.161 e. The van der Waals surface area contributed by atoms with Gasteiger partial charge < -0.3 is 24.2 Å². The molecule has 1 saturated heterocycles. The average molecular weight is 335 g/mol. The van der Waals surface area contributed by atoms with Gasteiger partial charge in [-0.2, -0.15) is 0 Å². The van der Waals surface area contributed by atoms with Crippen LogP contribution < -0.4 is 9.47 Å². The molecule has 0 amide bonds. The summed E-state index contributed by atoms with van der Waals surface area (Å²) in [7, 11) is 3.38. The number of methoxy groups -OCH3 is 2. The Morgan fingerprint density at radius 2 is 2.00 bits per heavy atom. The van der Waals surface area contributed by atoms with Crippen LogP contribution in [0.5, 0.6) is 11.5 Å². The molecule has 1 heterocycles. The molecular formula is C19H29NO4. The Kier molecular flexibility index (Phi) is 7.56. The van der Waals surface area contributed by atoms with Crippen LogP contribution in [0.1, 0.15) is 25.3 Å².